The third kappa shape index (κ3) is 4.17. The van der Waals surface area contributed by atoms with Crippen molar-refractivity contribution in [3.05, 3.63) is 29.5 Å². The Labute approximate surface area is 153 Å². The molecular formula is C20H27F2N3O. The normalized spacial score (nSPS) is 21.2. The van der Waals surface area contributed by atoms with Crippen LogP contribution in [0, 0.1) is 0 Å². The molecule has 0 bridgehead atoms. The van der Waals surface area contributed by atoms with Gasteiger partial charge in [-0.3, -0.25) is 4.99 Å². The Balaban J connectivity index is 2.02. The Bertz CT molecular complexity index is 721. The summed E-state index contributed by atoms with van der Waals surface area (Å²) in [5, 5.41) is 0. The van der Waals surface area contributed by atoms with Crippen LogP contribution in [-0.2, 0) is 6.42 Å². The van der Waals surface area contributed by atoms with E-state index >= 15 is 0 Å². The smallest absolute Gasteiger partial charge is 0.278 e. The lowest BCUT2D eigenvalue weighted by atomic mass is 9.92. The lowest BCUT2D eigenvalue weighted by Gasteiger charge is -2.35. The number of ether oxygens (including phenoxy) is 1. The van der Waals surface area contributed by atoms with E-state index in [0.717, 1.165) is 49.4 Å². The second-order valence-corrected chi connectivity index (χ2v) is 7.43. The summed E-state index contributed by atoms with van der Waals surface area (Å²) in [4.78, 5) is 6.66. The van der Waals surface area contributed by atoms with Gasteiger partial charge in [0.1, 0.15) is 5.75 Å². The van der Waals surface area contributed by atoms with Gasteiger partial charge in [0.05, 0.1) is 6.04 Å². The van der Waals surface area contributed by atoms with Crippen LogP contribution in [0.3, 0.4) is 0 Å². The number of benzene rings is 1. The molecule has 0 aromatic heterocycles. The topological polar surface area (TPSA) is 50.9 Å². The number of nitrogens with zero attached hydrogens (tertiary/aromatic N) is 2. The van der Waals surface area contributed by atoms with E-state index in [-0.39, 0.29) is 0 Å². The van der Waals surface area contributed by atoms with Gasteiger partial charge in [0, 0.05) is 54.8 Å². The van der Waals surface area contributed by atoms with Crippen molar-refractivity contribution >= 4 is 17.5 Å². The van der Waals surface area contributed by atoms with E-state index in [0.29, 0.717) is 23.4 Å². The van der Waals surface area contributed by atoms with Gasteiger partial charge in [0.15, 0.2) is 6.61 Å². The number of hydrogen-bond acceptors (Lipinski definition) is 4. The van der Waals surface area contributed by atoms with E-state index in [1.807, 2.05) is 19.2 Å². The number of fused-ring (bicyclic) bond motifs is 1. The predicted molar refractivity (Wildman–Crippen MR) is 102 cm³/mol. The monoisotopic (exact) mass is 363 g/mol. The van der Waals surface area contributed by atoms with Crippen molar-refractivity contribution in [2.75, 3.05) is 18.6 Å². The molecule has 0 spiro atoms. The minimum absolute atomic E-state index is 0.360. The molecule has 1 aliphatic heterocycles. The first-order valence-electron chi connectivity index (χ1n) is 9.15. The Hall–Kier alpha value is -2.11. The summed E-state index contributed by atoms with van der Waals surface area (Å²) in [6.45, 7) is 2.36. The molecule has 26 heavy (non-hydrogen) atoms. The average molecular weight is 363 g/mol. The zero-order chi connectivity index (χ0) is 18.9. The molecule has 1 heterocycles. The van der Waals surface area contributed by atoms with Crippen molar-refractivity contribution in [3.63, 3.8) is 0 Å². The Morgan fingerprint density at radius 2 is 2.12 bits per heavy atom. The highest BCUT2D eigenvalue weighted by Crippen LogP contribution is 2.41. The highest BCUT2D eigenvalue weighted by molar-refractivity contribution is 6.11. The third-order valence-electron chi connectivity index (χ3n) is 5.02. The summed E-state index contributed by atoms with van der Waals surface area (Å²) in [5.74, 6) is -2.40. The van der Waals surface area contributed by atoms with Crippen molar-refractivity contribution < 1.29 is 13.5 Å². The first-order chi connectivity index (χ1) is 12.3. The van der Waals surface area contributed by atoms with Crippen molar-refractivity contribution in [2.45, 2.75) is 57.5 Å². The van der Waals surface area contributed by atoms with Gasteiger partial charge in [-0.2, -0.15) is 0 Å². The molecule has 1 aliphatic carbocycles. The molecule has 4 nitrogen and oxygen atoms in total. The fourth-order valence-corrected chi connectivity index (χ4v) is 3.18. The molecular weight excluding hydrogens is 336 g/mol. The fourth-order valence-electron chi connectivity index (χ4n) is 3.18. The maximum Gasteiger partial charge on any atom is 0.278 e. The molecule has 6 heteroatoms. The highest BCUT2D eigenvalue weighted by Gasteiger charge is 2.29. The number of aliphatic imine (C=N–C) groups is 1. The van der Waals surface area contributed by atoms with E-state index in [1.165, 1.54) is 6.20 Å². The SMILES string of the molecule is CC1CCc2c(ccc(C(C=NC3CC3)=CN)c2OCC(C)(F)F)N1C. The van der Waals surface area contributed by atoms with Crippen LogP contribution < -0.4 is 15.4 Å². The maximum absolute atomic E-state index is 13.5. The van der Waals surface area contributed by atoms with Gasteiger partial charge in [-0.1, -0.05) is 0 Å². The minimum atomic E-state index is -2.90. The Morgan fingerprint density at radius 1 is 1.38 bits per heavy atom. The van der Waals surface area contributed by atoms with Crippen LogP contribution in [0.2, 0.25) is 0 Å². The summed E-state index contributed by atoms with van der Waals surface area (Å²) in [5.41, 5.74) is 9.24. The van der Waals surface area contributed by atoms with Crippen LogP contribution in [0.1, 0.15) is 44.2 Å². The first-order valence-corrected chi connectivity index (χ1v) is 9.15. The third-order valence-corrected chi connectivity index (χ3v) is 5.02. The molecule has 0 radical (unpaired) electrons. The van der Waals surface area contributed by atoms with Gasteiger partial charge in [0.25, 0.3) is 5.92 Å². The van der Waals surface area contributed by atoms with Gasteiger partial charge < -0.3 is 15.4 Å². The molecule has 3 rings (SSSR count). The fraction of sp³-hybridized carbons (Fsp3) is 0.550. The van der Waals surface area contributed by atoms with Crippen LogP contribution in [0.25, 0.3) is 5.57 Å². The zero-order valence-corrected chi connectivity index (χ0v) is 15.6. The molecule has 2 N–H and O–H groups in total. The summed E-state index contributed by atoms with van der Waals surface area (Å²) in [6, 6.07) is 4.67. The van der Waals surface area contributed by atoms with Crippen LogP contribution in [0.15, 0.2) is 23.3 Å². The van der Waals surface area contributed by atoms with E-state index in [1.54, 1.807) is 6.21 Å². The van der Waals surface area contributed by atoms with Gasteiger partial charge in [-0.05, 0) is 44.7 Å². The second kappa shape index (κ2) is 7.25. The molecule has 1 atom stereocenters. The summed E-state index contributed by atoms with van der Waals surface area (Å²) >= 11 is 0. The minimum Gasteiger partial charge on any atom is -0.486 e. The molecule has 1 fully saturated rings. The van der Waals surface area contributed by atoms with E-state index in [4.69, 9.17) is 10.5 Å². The van der Waals surface area contributed by atoms with Gasteiger partial charge in [0.2, 0.25) is 0 Å². The van der Waals surface area contributed by atoms with E-state index in [2.05, 4.69) is 16.8 Å². The van der Waals surface area contributed by atoms with Crippen molar-refractivity contribution in [2.24, 2.45) is 10.7 Å². The standard InChI is InChI=1S/C20H27F2N3O/c1-13-4-7-17-18(25(13)3)9-8-16(19(17)26-12-20(2,21)22)14(10-23)11-24-15-5-6-15/h8-11,13,15H,4-7,12,23H2,1-3H3. The van der Waals surface area contributed by atoms with Crippen LogP contribution >= 0.6 is 0 Å². The molecule has 1 unspecified atom stereocenters. The Morgan fingerprint density at radius 3 is 2.73 bits per heavy atom. The lowest BCUT2D eigenvalue weighted by molar-refractivity contribution is -0.0232. The van der Waals surface area contributed by atoms with Crippen molar-refractivity contribution in [1.82, 2.24) is 0 Å². The molecule has 142 valence electrons. The molecule has 0 saturated heterocycles. The van der Waals surface area contributed by atoms with Gasteiger partial charge in [-0.15, -0.1) is 0 Å². The first kappa shape index (κ1) is 18.7. The zero-order valence-electron chi connectivity index (χ0n) is 15.6. The number of allylic oxidation sites excluding steroid dienone is 1. The van der Waals surface area contributed by atoms with Crippen LogP contribution in [0.5, 0.6) is 5.75 Å². The van der Waals surface area contributed by atoms with Crippen molar-refractivity contribution in [1.29, 1.82) is 0 Å². The number of anilines is 1. The number of nitrogens with two attached hydrogens (primary N) is 1. The van der Waals surface area contributed by atoms with Crippen molar-refractivity contribution in [3.8, 4) is 5.75 Å². The quantitative estimate of drug-likeness (QED) is 0.777. The summed E-state index contributed by atoms with van der Waals surface area (Å²) in [7, 11) is 2.02. The second-order valence-electron chi connectivity index (χ2n) is 7.43. The molecule has 1 saturated carbocycles. The van der Waals surface area contributed by atoms with Crippen LogP contribution in [-0.4, -0.2) is 37.9 Å². The lowest BCUT2D eigenvalue weighted by Crippen LogP contribution is -2.34. The number of halogens is 2. The van der Waals surface area contributed by atoms with Gasteiger partial charge in [-0.25, -0.2) is 8.78 Å². The maximum atomic E-state index is 13.5. The van der Waals surface area contributed by atoms with Crippen LogP contribution in [0.4, 0.5) is 14.5 Å². The largest absolute Gasteiger partial charge is 0.486 e. The molecule has 1 aromatic carbocycles. The summed E-state index contributed by atoms with van der Waals surface area (Å²) < 4.78 is 32.6. The highest BCUT2D eigenvalue weighted by atomic mass is 19.3. The van der Waals surface area contributed by atoms with Gasteiger partial charge >= 0.3 is 0 Å². The number of hydrogen-bond donors (Lipinski definition) is 1. The average Bonchev–Trinajstić information content (AvgIpc) is 3.40. The molecule has 0 amide bonds. The molecule has 2 aliphatic rings. The van der Waals surface area contributed by atoms with E-state index < -0.39 is 12.5 Å². The Kier molecular flexibility index (Phi) is 5.21. The molecule has 1 aromatic rings. The predicted octanol–water partition coefficient (Wildman–Crippen LogP) is 4.02. The summed E-state index contributed by atoms with van der Waals surface area (Å²) in [6.07, 6.45) is 7.13. The van der Waals surface area contributed by atoms with E-state index in [9.17, 15) is 8.78 Å². The number of alkyl halides is 2. The number of rotatable bonds is 6.